The number of likely N-dealkylation sites (N-methyl/N-ethyl adjacent to an activating group) is 1. The summed E-state index contributed by atoms with van der Waals surface area (Å²) in [6.45, 7) is 3.59. The van der Waals surface area contributed by atoms with E-state index in [9.17, 15) is 9.59 Å². The maximum Gasteiger partial charge on any atom is 0.239 e. The molecule has 5 nitrogen and oxygen atoms in total. The highest BCUT2D eigenvalue weighted by atomic mass is 16.2. The lowest BCUT2D eigenvalue weighted by Crippen LogP contribution is -2.49. The zero-order valence-corrected chi connectivity index (χ0v) is 12.1. The lowest BCUT2D eigenvalue weighted by molar-refractivity contribution is -0.136. The fourth-order valence-electron chi connectivity index (χ4n) is 2.43. The van der Waals surface area contributed by atoms with E-state index >= 15 is 0 Å². The Morgan fingerprint density at radius 2 is 1.56 bits per heavy atom. The van der Waals surface area contributed by atoms with Gasteiger partial charge < -0.3 is 9.80 Å². The highest BCUT2D eigenvalue weighted by molar-refractivity contribution is 5.81. The highest BCUT2D eigenvalue weighted by Gasteiger charge is 2.30. The molecule has 1 fully saturated rings. The Labute approximate surface area is 110 Å². The summed E-state index contributed by atoms with van der Waals surface area (Å²) in [6, 6.07) is -0.0876. The first-order valence-corrected chi connectivity index (χ1v) is 6.51. The molecule has 0 bridgehead atoms. The Morgan fingerprint density at radius 1 is 1.06 bits per heavy atom. The molecule has 0 aliphatic carbocycles. The van der Waals surface area contributed by atoms with Crippen molar-refractivity contribution in [3.63, 3.8) is 0 Å². The number of carbonyl (C=O) groups excluding carboxylic acids is 2. The summed E-state index contributed by atoms with van der Waals surface area (Å²) in [5.74, 6) is 0.464. The molecule has 1 rings (SSSR count). The zero-order chi connectivity index (χ0) is 13.9. The molecule has 1 unspecified atom stereocenters. The molecule has 0 aromatic carbocycles. The van der Waals surface area contributed by atoms with E-state index in [1.165, 1.54) is 0 Å². The molecule has 2 amide bonds. The molecule has 1 aliphatic rings. The van der Waals surface area contributed by atoms with Gasteiger partial charge in [0.15, 0.2) is 0 Å². The first-order valence-electron chi connectivity index (χ1n) is 6.51. The summed E-state index contributed by atoms with van der Waals surface area (Å²) >= 11 is 0. The van der Waals surface area contributed by atoms with E-state index in [-0.39, 0.29) is 23.8 Å². The van der Waals surface area contributed by atoms with Gasteiger partial charge in [0.05, 0.1) is 6.04 Å². The van der Waals surface area contributed by atoms with Crippen LogP contribution < -0.4 is 0 Å². The van der Waals surface area contributed by atoms with E-state index < -0.39 is 0 Å². The molecule has 0 saturated carbocycles. The van der Waals surface area contributed by atoms with E-state index in [0.29, 0.717) is 0 Å². The van der Waals surface area contributed by atoms with Crippen LogP contribution in [0.1, 0.15) is 19.8 Å². The Balaban J connectivity index is 2.49. The predicted octanol–water partition coefficient (Wildman–Crippen LogP) is 0.263. The van der Waals surface area contributed by atoms with Gasteiger partial charge >= 0.3 is 0 Å². The Morgan fingerprint density at radius 3 is 1.94 bits per heavy atom. The molecule has 0 aromatic rings. The predicted molar refractivity (Wildman–Crippen MR) is 71.1 cm³/mol. The molecular weight excluding hydrogens is 230 g/mol. The van der Waals surface area contributed by atoms with Gasteiger partial charge in [0.2, 0.25) is 11.8 Å². The lowest BCUT2D eigenvalue weighted by atomic mass is 9.94. The van der Waals surface area contributed by atoms with Crippen molar-refractivity contribution in [1.29, 1.82) is 0 Å². The van der Waals surface area contributed by atoms with Gasteiger partial charge in [-0.1, -0.05) is 0 Å². The number of piperidine rings is 1. The minimum absolute atomic E-state index is 0.0876. The van der Waals surface area contributed by atoms with Crippen LogP contribution in [-0.2, 0) is 9.59 Å². The standard InChI is InChI=1S/C13H25N3O2/c1-10(12(17)14(2)3)16-8-6-11(7-9-16)13(18)15(4)5/h10-11H,6-9H2,1-5H3. The van der Waals surface area contributed by atoms with Gasteiger partial charge in [-0.05, 0) is 32.9 Å². The molecule has 1 atom stereocenters. The zero-order valence-electron chi connectivity index (χ0n) is 12.1. The minimum Gasteiger partial charge on any atom is -0.349 e. The van der Waals surface area contributed by atoms with Crippen LogP contribution in [0.5, 0.6) is 0 Å². The van der Waals surface area contributed by atoms with Gasteiger partial charge in [-0.25, -0.2) is 0 Å². The molecular formula is C13H25N3O2. The average molecular weight is 255 g/mol. The number of likely N-dealkylation sites (tertiary alicyclic amines) is 1. The smallest absolute Gasteiger partial charge is 0.239 e. The first kappa shape index (κ1) is 15.0. The van der Waals surface area contributed by atoms with Crippen molar-refractivity contribution in [3.05, 3.63) is 0 Å². The Kier molecular flexibility index (Phi) is 5.14. The van der Waals surface area contributed by atoms with E-state index in [1.54, 1.807) is 38.0 Å². The summed E-state index contributed by atoms with van der Waals surface area (Å²) in [7, 11) is 7.15. The molecule has 0 N–H and O–H groups in total. The number of rotatable bonds is 3. The van der Waals surface area contributed by atoms with Gasteiger partial charge in [0.25, 0.3) is 0 Å². The van der Waals surface area contributed by atoms with Crippen molar-refractivity contribution in [2.75, 3.05) is 41.3 Å². The van der Waals surface area contributed by atoms with Crippen LogP contribution in [0.4, 0.5) is 0 Å². The first-order chi connectivity index (χ1) is 8.34. The van der Waals surface area contributed by atoms with E-state index in [0.717, 1.165) is 25.9 Å². The van der Waals surface area contributed by atoms with Crippen molar-refractivity contribution < 1.29 is 9.59 Å². The quantitative estimate of drug-likeness (QED) is 0.727. The SMILES string of the molecule is CC(C(=O)N(C)C)N1CCC(C(=O)N(C)C)CC1. The van der Waals surface area contributed by atoms with E-state index in [2.05, 4.69) is 4.90 Å². The average Bonchev–Trinajstić information content (AvgIpc) is 2.36. The summed E-state index contributed by atoms with van der Waals surface area (Å²) in [6.07, 6.45) is 1.70. The van der Waals surface area contributed by atoms with Crippen molar-refractivity contribution in [2.24, 2.45) is 5.92 Å². The lowest BCUT2D eigenvalue weighted by Gasteiger charge is -2.36. The molecule has 1 aliphatic heterocycles. The second-order valence-electron chi connectivity index (χ2n) is 5.45. The van der Waals surface area contributed by atoms with Crippen LogP contribution in [0.3, 0.4) is 0 Å². The van der Waals surface area contributed by atoms with E-state index in [4.69, 9.17) is 0 Å². The van der Waals surface area contributed by atoms with Crippen molar-refractivity contribution >= 4 is 11.8 Å². The number of hydrogen-bond acceptors (Lipinski definition) is 3. The van der Waals surface area contributed by atoms with Crippen LogP contribution in [0.2, 0.25) is 0 Å². The third-order valence-electron chi connectivity index (χ3n) is 3.67. The topological polar surface area (TPSA) is 43.9 Å². The summed E-state index contributed by atoms with van der Waals surface area (Å²) in [5.41, 5.74) is 0. The van der Waals surface area contributed by atoms with Crippen LogP contribution in [-0.4, -0.2) is 73.8 Å². The van der Waals surface area contributed by atoms with Gasteiger partial charge in [-0.3, -0.25) is 14.5 Å². The van der Waals surface area contributed by atoms with Crippen molar-refractivity contribution in [3.8, 4) is 0 Å². The largest absolute Gasteiger partial charge is 0.349 e. The minimum atomic E-state index is -0.0876. The summed E-state index contributed by atoms with van der Waals surface area (Å²) in [4.78, 5) is 29.2. The summed E-state index contributed by atoms with van der Waals surface area (Å²) < 4.78 is 0. The molecule has 0 spiro atoms. The molecule has 104 valence electrons. The maximum atomic E-state index is 11.9. The molecule has 1 heterocycles. The number of amides is 2. The monoisotopic (exact) mass is 255 g/mol. The fourth-order valence-corrected chi connectivity index (χ4v) is 2.43. The third kappa shape index (κ3) is 3.45. The van der Waals surface area contributed by atoms with Crippen LogP contribution >= 0.6 is 0 Å². The van der Waals surface area contributed by atoms with Crippen molar-refractivity contribution in [1.82, 2.24) is 14.7 Å². The second-order valence-corrected chi connectivity index (χ2v) is 5.45. The van der Waals surface area contributed by atoms with Crippen LogP contribution in [0, 0.1) is 5.92 Å². The molecule has 1 saturated heterocycles. The normalized spacial score (nSPS) is 19.4. The molecule has 5 heteroatoms. The Hall–Kier alpha value is -1.10. The van der Waals surface area contributed by atoms with Gasteiger partial charge in [0.1, 0.15) is 0 Å². The fraction of sp³-hybridized carbons (Fsp3) is 0.846. The van der Waals surface area contributed by atoms with Crippen LogP contribution in [0.15, 0.2) is 0 Å². The highest BCUT2D eigenvalue weighted by Crippen LogP contribution is 2.20. The number of nitrogens with zero attached hydrogens (tertiary/aromatic N) is 3. The second kappa shape index (κ2) is 6.18. The van der Waals surface area contributed by atoms with Gasteiger partial charge in [-0.2, -0.15) is 0 Å². The molecule has 0 aromatic heterocycles. The Bertz CT molecular complexity index is 307. The third-order valence-corrected chi connectivity index (χ3v) is 3.67. The molecule has 18 heavy (non-hydrogen) atoms. The van der Waals surface area contributed by atoms with Gasteiger partial charge in [0, 0.05) is 34.1 Å². The van der Waals surface area contributed by atoms with Gasteiger partial charge in [-0.15, -0.1) is 0 Å². The number of hydrogen-bond donors (Lipinski definition) is 0. The number of carbonyl (C=O) groups is 2. The summed E-state index contributed by atoms with van der Waals surface area (Å²) in [5, 5.41) is 0. The van der Waals surface area contributed by atoms with Crippen LogP contribution in [0.25, 0.3) is 0 Å². The van der Waals surface area contributed by atoms with E-state index in [1.807, 2.05) is 6.92 Å². The van der Waals surface area contributed by atoms with Crippen molar-refractivity contribution in [2.45, 2.75) is 25.8 Å². The maximum absolute atomic E-state index is 11.9. The molecule has 0 radical (unpaired) electrons.